The van der Waals surface area contributed by atoms with E-state index in [1.165, 1.54) is 6.08 Å². The van der Waals surface area contributed by atoms with Crippen LogP contribution in [0.25, 0.3) is 16.6 Å². The highest BCUT2D eigenvalue weighted by molar-refractivity contribution is 7.13. The summed E-state index contributed by atoms with van der Waals surface area (Å²) in [5, 5.41) is 4.91. The smallest absolute Gasteiger partial charge is 0.244 e. The Morgan fingerprint density at radius 2 is 2.00 bits per heavy atom. The molecule has 0 spiro atoms. The molecule has 0 radical (unpaired) electrons. The van der Waals surface area contributed by atoms with Gasteiger partial charge in [-0.3, -0.25) is 9.78 Å². The van der Waals surface area contributed by atoms with Crippen LogP contribution in [0.5, 0.6) is 11.5 Å². The highest BCUT2D eigenvalue weighted by Crippen LogP contribution is 2.28. The van der Waals surface area contributed by atoms with Gasteiger partial charge in [-0.2, -0.15) is 0 Å². The minimum absolute atomic E-state index is 0.167. The zero-order valence-corrected chi connectivity index (χ0v) is 16.0. The maximum absolute atomic E-state index is 12.1. The summed E-state index contributed by atoms with van der Waals surface area (Å²) >= 11 is 1.64. The third kappa shape index (κ3) is 4.95. The van der Waals surface area contributed by atoms with Crippen molar-refractivity contribution in [2.45, 2.75) is 6.54 Å². The van der Waals surface area contributed by atoms with Crippen molar-refractivity contribution in [1.29, 1.82) is 0 Å². The Labute approximate surface area is 162 Å². The van der Waals surface area contributed by atoms with Crippen molar-refractivity contribution < 1.29 is 14.3 Å². The molecule has 138 valence electrons. The van der Waals surface area contributed by atoms with Gasteiger partial charge in [-0.15, -0.1) is 11.3 Å². The summed E-state index contributed by atoms with van der Waals surface area (Å²) in [6, 6.07) is 13.4. The maximum Gasteiger partial charge on any atom is 0.244 e. The monoisotopic (exact) mass is 380 g/mol. The molecule has 0 aliphatic heterocycles. The third-order valence-electron chi connectivity index (χ3n) is 3.90. The van der Waals surface area contributed by atoms with E-state index in [9.17, 15) is 4.79 Å². The van der Waals surface area contributed by atoms with E-state index in [1.54, 1.807) is 43.9 Å². The number of ether oxygens (including phenoxy) is 2. The molecular formula is C21H20N2O3S. The van der Waals surface area contributed by atoms with E-state index >= 15 is 0 Å². The molecule has 0 aliphatic carbocycles. The van der Waals surface area contributed by atoms with Crippen LogP contribution >= 0.6 is 11.3 Å². The number of pyridine rings is 1. The van der Waals surface area contributed by atoms with Gasteiger partial charge in [0.25, 0.3) is 0 Å². The minimum Gasteiger partial charge on any atom is -0.493 e. The lowest BCUT2D eigenvalue weighted by atomic mass is 10.2. The number of nitrogens with one attached hydrogen (secondary N) is 1. The lowest BCUT2D eigenvalue weighted by molar-refractivity contribution is -0.116. The third-order valence-corrected chi connectivity index (χ3v) is 4.79. The standard InChI is InChI=1S/C21H20N2O3S/c1-25-18-7-5-15(13-19(18)26-2)6-8-21(24)23-14-16-9-10-22-17(12-16)20-4-3-11-27-20/h3-13H,14H2,1-2H3,(H,23,24)/b8-6+. The van der Waals surface area contributed by atoms with Crippen LogP contribution in [0.1, 0.15) is 11.1 Å². The number of nitrogens with zero attached hydrogens (tertiary/aromatic N) is 1. The Bertz CT molecular complexity index is 936. The summed E-state index contributed by atoms with van der Waals surface area (Å²) in [7, 11) is 3.17. The first-order valence-corrected chi connectivity index (χ1v) is 9.24. The molecule has 0 atom stereocenters. The van der Waals surface area contributed by atoms with E-state index in [2.05, 4.69) is 10.3 Å². The highest BCUT2D eigenvalue weighted by Gasteiger charge is 2.04. The van der Waals surface area contributed by atoms with Crippen molar-refractivity contribution in [3.63, 3.8) is 0 Å². The SMILES string of the molecule is COc1ccc(/C=C/C(=O)NCc2ccnc(-c3cccs3)c2)cc1OC. The molecule has 0 saturated carbocycles. The molecule has 0 bridgehead atoms. The topological polar surface area (TPSA) is 60.5 Å². The van der Waals surface area contributed by atoms with Gasteiger partial charge in [0.15, 0.2) is 11.5 Å². The summed E-state index contributed by atoms with van der Waals surface area (Å²) in [5.74, 6) is 1.11. The van der Waals surface area contributed by atoms with Crippen molar-refractivity contribution in [3.8, 4) is 22.1 Å². The summed E-state index contributed by atoms with van der Waals surface area (Å²) < 4.78 is 10.5. The van der Waals surface area contributed by atoms with Crippen molar-refractivity contribution in [1.82, 2.24) is 10.3 Å². The van der Waals surface area contributed by atoms with E-state index in [4.69, 9.17) is 9.47 Å². The fourth-order valence-corrected chi connectivity index (χ4v) is 3.21. The quantitative estimate of drug-likeness (QED) is 0.626. The van der Waals surface area contributed by atoms with Crippen LogP contribution in [-0.2, 0) is 11.3 Å². The summed E-state index contributed by atoms with van der Waals surface area (Å²) in [6.45, 7) is 0.440. The van der Waals surface area contributed by atoms with Gasteiger partial charge in [-0.1, -0.05) is 12.1 Å². The second-order valence-electron chi connectivity index (χ2n) is 5.69. The first kappa shape index (κ1) is 18.7. The van der Waals surface area contributed by atoms with E-state index in [-0.39, 0.29) is 5.91 Å². The van der Waals surface area contributed by atoms with Crippen LogP contribution in [0.2, 0.25) is 0 Å². The molecule has 1 N–H and O–H groups in total. The van der Waals surface area contributed by atoms with Gasteiger partial charge in [-0.25, -0.2) is 0 Å². The predicted molar refractivity (Wildman–Crippen MR) is 108 cm³/mol. The molecule has 1 amide bonds. The van der Waals surface area contributed by atoms with E-state index in [0.717, 1.165) is 21.7 Å². The number of aromatic nitrogens is 1. The van der Waals surface area contributed by atoms with E-state index in [0.29, 0.717) is 18.0 Å². The van der Waals surface area contributed by atoms with Crippen LogP contribution in [0, 0.1) is 0 Å². The van der Waals surface area contributed by atoms with Crippen molar-refractivity contribution in [2.24, 2.45) is 0 Å². The minimum atomic E-state index is -0.167. The number of benzene rings is 1. The second kappa shape index (κ2) is 9.00. The Morgan fingerprint density at radius 3 is 2.74 bits per heavy atom. The van der Waals surface area contributed by atoms with E-state index in [1.807, 2.05) is 41.8 Å². The Morgan fingerprint density at radius 1 is 1.15 bits per heavy atom. The normalized spacial score (nSPS) is 10.7. The molecular weight excluding hydrogens is 360 g/mol. The number of hydrogen-bond acceptors (Lipinski definition) is 5. The van der Waals surface area contributed by atoms with Gasteiger partial charge < -0.3 is 14.8 Å². The summed E-state index contributed by atoms with van der Waals surface area (Å²) in [6.07, 6.45) is 5.00. The Kier molecular flexibility index (Phi) is 6.22. The zero-order valence-electron chi connectivity index (χ0n) is 15.1. The predicted octanol–water partition coefficient (Wildman–Crippen LogP) is 4.16. The summed E-state index contributed by atoms with van der Waals surface area (Å²) in [4.78, 5) is 17.6. The molecule has 6 heteroatoms. The molecule has 2 aromatic heterocycles. The average Bonchev–Trinajstić information content (AvgIpc) is 3.25. The number of rotatable bonds is 7. The lowest BCUT2D eigenvalue weighted by Crippen LogP contribution is -2.20. The van der Waals surface area contributed by atoms with Gasteiger partial charge in [0.05, 0.1) is 24.8 Å². The van der Waals surface area contributed by atoms with Gasteiger partial charge >= 0.3 is 0 Å². The fourth-order valence-electron chi connectivity index (χ4n) is 2.52. The Balaban J connectivity index is 1.60. The van der Waals surface area contributed by atoms with Gasteiger partial charge in [0, 0.05) is 18.8 Å². The Hall–Kier alpha value is -3.12. The van der Waals surface area contributed by atoms with Gasteiger partial charge in [0.1, 0.15) is 0 Å². The number of carbonyl (C=O) groups excluding carboxylic acids is 1. The fraction of sp³-hybridized carbons (Fsp3) is 0.143. The van der Waals surface area contributed by atoms with E-state index < -0.39 is 0 Å². The maximum atomic E-state index is 12.1. The van der Waals surface area contributed by atoms with Crippen LogP contribution in [0.15, 0.2) is 60.1 Å². The van der Waals surface area contributed by atoms with Gasteiger partial charge in [-0.05, 0) is 52.9 Å². The zero-order chi connectivity index (χ0) is 19.1. The first-order chi connectivity index (χ1) is 13.2. The molecule has 3 rings (SSSR count). The molecule has 27 heavy (non-hydrogen) atoms. The second-order valence-corrected chi connectivity index (χ2v) is 6.64. The van der Waals surface area contributed by atoms with Crippen molar-refractivity contribution >= 4 is 23.3 Å². The average molecular weight is 380 g/mol. The largest absolute Gasteiger partial charge is 0.493 e. The van der Waals surface area contributed by atoms with Crippen LogP contribution in [0.4, 0.5) is 0 Å². The summed E-state index contributed by atoms with van der Waals surface area (Å²) in [5.41, 5.74) is 2.77. The first-order valence-electron chi connectivity index (χ1n) is 8.36. The number of hydrogen-bond donors (Lipinski definition) is 1. The molecule has 0 fully saturated rings. The molecule has 5 nitrogen and oxygen atoms in total. The number of amides is 1. The molecule has 1 aromatic carbocycles. The number of thiophene rings is 1. The molecule has 0 unspecified atom stereocenters. The van der Waals surface area contributed by atoms with Crippen molar-refractivity contribution in [3.05, 3.63) is 71.2 Å². The molecule has 0 aliphatic rings. The molecule has 0 saturated heterocycles. The van der Waals surface area contributed by atoms with Gasteiger partial charge in [0.2, 0.25) is 5.91 Å². The van der Waals surface area contributed by atoms with Crippen molar-refractivity contribution in [2.75, 3.05) is 14.2 Å². The highest BCUT2D eigenvalue weighted by atomic mass is 32.1. The molecule has 3 aromatic rings. The van der Waals surface area contributed by atoms with Crippen LogP contribution in [0.3, 0.4) is 0 Å². The number of carbonyl (C=O) groups is 1. The van der Waals surface area contributed by atoms with Crippen LogP contribution in [-0.4, -0.2) is 25.1 Å². The molecule has 2 heterocycles. The van der Waals surface area contributed by atoms with Crippen LogP contribution < -0.4 is 14.8 Å². The lowest BCUT2D eigenvalue weighted by Gasteiger charge is -2.07. The number of methoxy groups -OCH3 is 2.